The summed E-state index contributed by atoms with van der Waals surface area (Å²) in [6.07, 6.45) is 0. The molecule has 0 bridgehead atoms. The van der Waals surface area contributed by atoms with Gasteiger partial charge in [-0.2, -0.15) is 0 Å². The van der Waals surface area contributed by atoms with E-state index >= 15 is 0 Å². The summed E-state index contributed by atoms with van der Waals surface area (Å²) in [6, 6.07) is 0.378. The lowest BCUT2D eigenvalue weighted by molar-refractivity contribution is 0.0220. The fraction of sp³-hybridized carbons (Fsp3) is 0.706. The van der Waals surface area contributed by atoms with Crippen molar-refractivity contribution in [3.8, 4) is 0 Å². The van der Waals surface area contributed by atoms with Crippen LogP contribution in [0.1, 0.15) is 29.2 Å². The number of nitrogens with zero attached hydrogens (tertiary/aromatic N) is 3. The number of rotatable bonds is 8. The first kappa shape index (κ1) is 24.1. The van der Waals surface area contributed by atoms with E-state index in [9.17, 15) is 4.79 Å². The third kappa shape index (κ3) is 8.28. The van der Waals surface area contributed by atoms with Gasteiger partial charge in [0.25, 0.3) is 5.91 Å². The van der Waals surface area contributed by atoms with Crippen LogP contribution in [0.3, 0.4) is 0 Å². The van der Waals surface area contributed by atoms with Crippen LogP contribution in [0.15, 0.2) is 10.5 Å². The molecule has 1 fully saturated rings. The van der Waals surface area contributed by atoms with Crippen molar-refractivity contribution in [1.29, 1.82) is 0 Å². The Kier molecular flexibility index (Phi) is 11.8. The Morgan fingerprint density at radius 3 is 2.67 bits per heavy atom. The number of nitrogens with one attached hydrogen (secondary N) is 3. The largest absolute Gasteiger partial charge is 0.379 e. The molecule has 1 unspecified atom stereocenters. The van der Waals surface area contributed by atoms with Gasteiger partial charge in [-0.3, -0.25) is 14.7 Å². The fourth-order valence-corrected chi connectivity index (χ4v) is 3.37. The van der Waals surface area contributed by atoms with Crippen molar-refractivity contribution in [2.45, 2.75) is 26.8 Å². The Hall–Kier alpha value is -0.980. The van der Waals surface area contributed by atoms with Gasteiger partial charge in [0.15, 0.2) is 5.96 Å². The van der Waals surface area contributed by atoms with Gasteiger partial charge < -0.3 is 20.7 Å². The van der Waals surface area contributed by atoms with E-state index in [2.05, 4.69) is 37.8 Å². The van der Waals surface area contributed by atoms with Gasteiger partial charge in [-0.25, -0.2) is 4.98 Å². The summed E-state index contributed by atoms with van der Waals surface area (Å²) >= 11 is 1.36. The van der Waals surface area contributed by atoms with E-state index in [1.807, 2.05) is 13.8 Å². The molecule has 2 rings (SSSR count). The molecule has 0 saturated carbocycles. The molecule has 0 aliphatic carbocycles. The molecule has 27 heavy (non-hydrogen) atoms. The minimum absolute atomic E-state index is 0. The molecule has 0 radical (unpaired) electrons. The number of hydrogen-bond donors (Lipinski definition) is 3. The SMILES string of the molecule is CCNC(=NCC(C)N1CCOCC1)NCCNC(=O)c1scnc1C.I. The highest BCUT2D eigenvalue weighted by atomic mass is 127. The van der Waals surface area contributed by atoms with Crippen molar-refractivity contribution in [2.24, 2.45) is 4.99 Å². The van der Waals surface area contributed by atoms with Crippen LogP contribution in [0.5, 0.6) is 0 Å². The van der Waals surface area contributed by atoms with Crippen LogP contribution >= 0.6 is 35.3 Å². The lowest BCUT2D eigenvalue weighted by Gasteiger charge is -2.31. The second-order valence-electron chi connectivity index (χ2n) is 6.17. The molecule has 1 amide bonds. The molecular weight excluding hydrogens is 479 g/mol. The van der Waals surface area contributed by atoms with Gasteiger partial charge in [0, 0.05) is 38.8 Å². The summed E-state index contributed by atoms with van der Waals surface area (Å²) in [7, 11) is 0. The predicted octanol–water partition coefficient (Wildman–Crippen LogP) is 1.08. The van der Waals surface area contributed by atoms with Crippen molar-refractivity contribution in [1.82, 2.24) is 25.8 Å². The van der Waals surface area contributed by atoms with E-state index in [4.69, 9.17) is 4.74 Å². The zero-order valence-corrected chi connectivity index (χ0v) is 19.4. The average molecular weight is 510 g/mol. The number of aromatic nitrogens is 1. The maximum atomic E-state index is 12.1. The highest BCUT2D eigenvalue weighted by Gasteiger charge is 2.16. The molecule has 3 N–H and O–H groups in total. The van der Waals surface area contributed by atoms with E-state index in [-0.39, 0.29) is 29.9 Å². The summed E-state index contributed by atoms with van der Waals surface area (Å²) in [4.78, 5) is 23.9. The lowest BCUT2D eigenvalue weighted by atomic mass is 10.2. The fourth-order valence-electron chi connectivity index (χ4n) is 2.66. The number of ether oxygens (including phenoxy) is 1. The van der Waals surface area contributed by atoms with Gasteiger partial charge in [-0.05, 0) is 20.8 Å². The summed E-state index contributed by atoms with van der Waals surface area (Å²) in [5.74, 6) is 0.700. The van der Waals surface area contributed by atoms with Crippen molar-refractivity contribution in [3.63, 3.8) is 0 Å². The van der Waals surface area contributed by atoms with E-state index in [1.165, 1.54) is 11.3 Å². The molecule has 1 aliphatic heterocycles. The topological polar surface area (TPSA) is 90.9 Å². The summed E-state index contributed by atoms with van der Waals surface area (Å²) < 4.78 is 5.39. The minimum atomic E-state index is -0.0744. The molecule has 8 nitrogen and oxygen atoms in total. The number of guanidine groups is 1. The molecular formula is C17H31IN6O2S. The first-order chi connectivity index (χ1) is 12.6. The van der Waals surface area contributed by atoms with Crippen molar-refractivity contribution < 1.29 is 9.53 Å². The van der Waals surface area contributed by atoms with Gasteiger partial charge >= 0.3 is 0 Å². The first-order valence-corrected chi connectivity index (χ1v) is 10.0. The summed E-state index contributed by atoms with van der Waals surface area (Å²) in [5, 5.41) is 9.41. The number of halogens is 1. The van der Waals surface area contributed by atoms with Crippen LogP contribution in [0, 0.1) is 6.92 Å². The number of aryl methyl sites for hydroxylation is 1. The number of thiazole rings is 1. The smallest absolute Gasteiger partial charge is 0.263 e. The maximum absolute atomic E-state index is 12.1. The van der Waals surface area contributed by atoms with Crippen LogP contribution in [-0.4, -0.2) is 80.3 Å². The van der Waals surface area contributed by atoms with Crippen LogP contribution in [0.2, 0.25) is 0 Å². The Morgan fingerprint density at radius 2 is 2.04 bits per heavy atom. The molecule has 1 aromatic rings. The lowest BCUT2D eigenvalue weighted by Crippen LogP contribution is -2.45. The second-order valence-corrected chi connectivity index (χ2v) is 7.02. The number of aliphatic imine (C=N–C) groups is 1. The molecule has 154 valence electrons. The van der Waals surface area contributed by atoms with Crippen LogP contribution in [0.25, 0.3) is 0 Å². The van der Waals surface area contributed by atoms with E-state index < -0.39 is 0 Å². The number of morpholine rings is 1. The van der Waals surface area contributed by atoms with Crippen LogP contribution < -0.4 is 16.0 Å². The quantitative estimate of drug-likeness (QED) is 0.210. The number of amides is 1. The zero-order chi connectivity index (χ0) is 18.8. The molecule has 2 heterocycles. The summed E-state index contributed by atoms with van der Waals surface area (Å²) in [6.45, 7) is 12.2. The Balaban J connectivity index is 0.00000364. The van der Waals surface area contributed by atoms with Crippen molar-refractivity contribution in [2.75, 3.05) is 52.5 Å². The van der Waals surface area contributed by atoms with Gasteiger partial charge in [-0.15, -0.1) is 35.3 Å². The number of carbonyl (C=O) groups excluding carboxylic acids is 1. The molecule has 0 spiro atoms. The highest BCUT2D eigenvalue weighted by Crippen LogP contribution is 2.11. The summed E-state index contributed by atoms with van der Waals surface area (Å²) in [5.41, 5.74) is 2.46. The number of hydrogen-bond acceptors (Lipinski definition) is 6. The van der Waals surface area contributed by atoms with Crippen LogP contribution in [-0.2, 0) is 4.74 Å². The molecule has 1 aromatic heterocycles. The first-order valence-electron chi connectivity index (χ1n) is 9.14. The highest BCUT2D eigenvalue weighted by molar-refractivity contribution is 14.0. The standard InChI is InChI=1S/C17H30N6O2S.HI/c1-4-18-17(21-11-13(2)23-7-9-25-10-8-23)20-6-5-19-16(24)15-14(3)22-12-26-15;/h12-13H,4-11H2,1-3H3,(H,19,24)(H2,18,20,21);1H. The minimum Gasteiger partial charge on any atom is -0.379 e. The maximum Gasteiger partial charge on any atom is 0.263 e. The zero-order valence-electron chi connectivity index (χ0n) is 16.3. The average Bonchev–Trinajstić information content (AvgIpc) is 3.09. The molecule has 10 heteroatoms. The molecule has 1 atom stereocenters. The normalized spacial score (nSPS) is 16.3. The van der Waals surface area contributed by atoms with E-state index in [0.717, 1.165) is 51.0 Å². The predicted molar refractivity (Wildman–Crippen MR) is 120 cm³/mol. The van der Waals surface area contributed by atoms with Crippen molar-refractivity contribution >= 4 is 47.2 Å². The van der Waals surface area contributed by atoms with Gasteiger partial charge in [0.05, 0.1) is 31.0 Å². The Labute approximate surface area is 182 Å². The van der Waals surface area contributed by atoms with Crippen molar-refractivity contribution in [3.05, 3.63) is 16.1 Å². The third-order valence-corrected chi connectivity index (χ3v) is 5.11. The third-order valence-electron chi connectivity index (χ3n) is 4.18. The van der Waals surface area contributed by atoms with Crippen LogP contribution in [0.4, 0.5) is 0 Å². The Bertz CT molecular complexity index is 592. The molecule has 1 aliphatic rings. The molecule has 0 aromatic carbocycles. The number of carbonyl (C=O) groups is 1. The van der Waals surface area contributed by atoms with E-state index in [1.54, 1.807) is 5.51 Å². The van der Waals surface area contributed by atoms with Gasteiger partial charge in [0.2, 0.25) is 0 Å². The second kappa shape index (κ2) is 13.2. The molecule has 1 saturated heterocycles. The van der Waals surface area contributed by atoms with E-state index in [0.29, 0.717) is 24.0 Å². The Morgan fingerprint density at radius 1 is 1.33 bits per heavy atom. The van der Waals surface area contributed by atoms with Gasteiger partial charge in [-0.1, -0.05) is 0 Å². The monoisotopic (exact) mass is 510 g/mol. The van der Waals surface area contributed by atoms with Gasteiger partial charge in [0.1, 0.15) is 4.88 Å².